The highest BCUT2D eigenvalue weighted by Crippen LogP contribution is 2.25. The Kier molecular flexibility index (Phi) is 5.92. The molecule has 0 saturated heterocycles. The summed E-state index contributed by atoms with van der Waals surface area (Å²) in [7, 11) is 1.28. The first-order chi connectivity index (χ1) is 9.97. The van der Waals surface area contributed by atoms with Crippen molar-refractivity contribution in [2.75, 3.05) is 7.11 Å². The summed E-state index contributed by atoms with van der Waals surface area (Å²) in [5.74, 6) is -1.09. The van der Waals surface area contributed by atoms with E-state index in [1.54, 1.807) is 24.3 Å². The molecular weight excluding hydrogens is 268 g/mol. The predicted octanol–water partition coefficient (Wildman–Crippen LogP) is 2.29. The number of hydrogen-bond acceptors (Lipinski definition) is 4. The second-order valence-corrected chi connectivity index (χ2v) is 5.10. The molecule has 0 aliphatic carbocycles. The molecule has 0 saturated carbocycles. The number of ether oxygens (including phenoxy) is 1. The largest absolute Gasteiger partial charge is 0.467 e. The third kappa shape index (κ3) is 3.82. The highest BCUT2D eigenvalue weighted by atomic mass is 16.5. The van der Waals surface area contributed by atoms with Gasteiger partial charge in [-0.05, 0) is 24.5 Å². The van der Waals surface area contributed by atoms with Crippen LogP contribution in [0.5, 0.6) is 0 Å². The summed E-state index contributed by atoms with van der Waals surface area (Å²) in [5, 5.41) is 11.6. The van der Waals surface area contributed by atoms with E-state index < -0.39 is 11.5 Å². The Morgan fingerprint density at radius 2 is 1.95 bits per heavy atom. The molecule has 5 nitrogen and oxygen atoms in total. The molecule has 0 aromatic heterocycles. The number of carbonyl (C=O) groups excluding carboxylic acids is 2. The van der Waals surface area contributed by atoms with Gasteiger partial charge in [0.05, 0.1) is 13.2 Å². The van der Waals surface area contributed by atoms with Crippen molar-refractivity contribution in [3.05, 3.63) is 35.9 Å². The molecule has 0 heterocycles. The Balaban J connectivity index is 3.09. The average Bonchev–Trinajstić information content (AvgIpc) is 2.51. The van der Waals surface area contributed by atoms with Gasteiger partial charge < -0.3 is 10.1 Å². The van der Waals surface area contributed by atoms with E-state index in [-0.39, 0.29) is 24.7 Å². The molecule has 0 aliphatic rings. The van der Waals surface area contributed by atoms with Crippen molar-refractivity contribution in [1.29, 1.82) is 5.26 Å². The summed E-state index contributed by atoms with van der Waals surface area (Å²) in [5.41, 5.74) is -0.736. The molecule has 1 amide bonds. The lowest BCUT2D eigenvalue weighted by molar-refractivity contribution is -0.150. The topological polar surface area (TPSA) is 79.2 Å². The molecule has 112 valence electrons. The second-order valence-electron chi connectivity index (χ2n) is 5.10. The van der Waals surface area contributed by atoms with Gasteiger partial charge in [-0.1, -0.05) is 32.0 Å². The summed E-state index contributed by atoms with van der Waals surface area (Å²) in [6.07, 6.45) is 0.370. The fraction of sp³-hybridized carbons (Fsp3) is 0.438. The van der Waals surface area contributed by atoms with Gasteiger partial charge in [-0.15, -0.1) is 0 Å². The molecule has 0 unspecified atom stereocenters. The molecule has 0 aliphatic heterocycles. The Hall–Kier alpha value is -2.35. The van der Waals surface area contributed by atoms with Crippen molar-refractivity contribution in [2.45, 2.75) is 32.2 Å². The Bertz CT molecular complexity index is 534. The molecule has 1 N–H and O–H groups in total. The van der Waals surface area contributed by atoms with Crippen LogP contribution in [0.25, 0.3) is 0 Å². The molecule has 1 atom stereocenters. The van der Waals surface area contributed by atoms with Gasteiger partial charge in [-0.25, -0.2) is 4.79 Å². The zero-order valence-electron chi connectivity index (χ0n) is 12.6. The number of nitrogens with one attached hydrogen (secondary N) is 1. The summed E-state index contributed by atoms with van der Waals surface area (Å²) in [4.78, 5) is 24.5. The number of amides is 1. The van der Waals surface area contributed by atoms with Crippen LogP contribution in [0.4, 0.5) is 0 Å². The van der Waals surface area contributed by atoms with E-state index in [0.29, 0.717) is 5.56 Å². The van der Waals surface area contributed by atoms with Crippen molar-refractivity contribution in [3.63, 3.8) is 0 Å². The quantitative estimate of drug-likeness (QED) is 0.814. The zero-order chi connectivity index (χ0) is 15.9. The molecule has 0 bridgehead atoms. The number of methoxy groups -OCH3 is 1. The van der Waals surface area contributed by atoms with E-state index in [2.05, 4.69) is 5.32 Å². The maximum Gasteiger partial charge on any atom is 0.331 e. The standard InChI is InChI=1S/C16H20N2O3/c1-12(2)16(10-7-11-17,15(20)21-3)18-14(19)13-8-5-4-6-9-13/h4-6,8-9,12H,7,10H2,1-3H3,(H,18,19)/t16-/m0/s1. The maximum absolute atomic E-state index is 12.3. The van der Waals surface area contributed by atoms with E-state index in [4.69, 9.17) is 10.00 Å². The Labute approximate surface area is 124 Å². The number of hydrogen-bond donors (Lipinski definition) is 1. The van der Waals surface area contributed by atoms with E-state index in [1.165, 1.54) is 7.11 Å². The van der Waals surface area contributed by atoms with Crippen LogP contribution in [-0.4, -0.2) is 24.5 Å². The van der Waals surface area contributed by atoms with Crippen LogP contribution in [0.3, 0.4) is 0 Å². The third-order valence-corrected chi connectivity index (χ3v) is 3.54. The highest BCUT2D eigenvalue weighted by molar-refractivity contribution is 5.98. The molecular formula is C16H20N2O3. The van der Waals surface area contributed by atoms with E-state index >= 15 is 0 Å². The van der Waals surface area contributed by atoms with Gasteiger partial charge in [0, 0.05) is 12.0 Å². The van der Waals surface area contributed by atoms with E-state index in [1.807, 2.05) is 26.0 Å². The average molecular weight is 288 g/mol. The number of rotatable bonds is 6. The van der Waals surface area contributed by atoms with Gasteiger partial charge in [0.2, 0.25) is 0 Å². The first kappa shape index (κ1) is 16.7. The number of carbonyl (C=O) groups is 2. The lowest BCUT2D eigenvalue weighted by Crippen LogP contribution is -2.58. The minimum absolute atomic E-state index is 0.155. The number of nitriles is 1. The molecule has 0 fully saturated rings. The lowest BCUT2D eigenvalue weighted by Gasteiger charge is -2.35. The van der Waals surface area contributed by atoms with Crippen molar-refractivity contribution < 1.29 is 14.3 Å². The third-order valence-electron chi connectivity index (χ3n) is 3.54. The molecule has 1 rings (SSSR count). The van der Waals surface area contributed by atoms with Crippen LogP contribution < -0.4 is 5.32 Å². The second kappa shape index (κ2) is 7.44. The lowest BCUT2D eigenvalue weighted by atomic mass is 9.82. The maximum atomic E-state index is 12.3. The van der Waals surface area contributed by atoms with Gasteiger partial charge in [0.1, 0.15) is 5.54 Å². The van der Waals surface area contributed by atoms with Crippen molar-refractivity contribution in [2.24, 2.45) is 5.92 Å². The van der Waals surface area contributed by atoms with Gasteiger partial charge in [-0.2, -0.15) is 5.26 Å². The van der Waals surface area contributed by atoms with Crippen molar-refractivity contribution in [3.8, 4) is 6.07 Å². The summed E-state index contributed by atoms with van der Waals surface area (Å²) in [6, 6.07) is 10.7. The fourth-order valence-electron chi connectivity index (χ4n) is 2.18. The molecule has 0 radical (unpaired) electrons. The van der Waals surface area contributed by atoms with Crippen LogP contribution in [-0.2, 0) is 9.53 Å². The van der Waals surface area contributed by atoms with Gasteiger partial charge in [0.15, 0.2) is 0 Å². The summed E-state index contributed by atoms with van der Waals surface area (Å²) in [6.45, 7) is 3.64. The van der Waals surface area contributed by atoms with Gasteiger partial charge >= 0.3 is 5.97 Å². The van der Waals surface area contributed by atoms with Crippen LogP contribution in [0.2, 0.25) is 0 Å². The monoisotopic (exact) mass is 288 g/mol. The molecule has 5 heteroatoms. The van der Waals surface area contributed by atoms with Gasteiger partial charge in [0.25, 0.3) is 5.91 Å². The Morgan fingerprint density at radius 3 is 2.43 bits per heavy atom. The summed E-state index contributed by atoms with van der Waals surface area (Å²) < 4.78 is 4.85. The Morgan fingerprint density at radius 1 is 1.33 bits per heavy atom. The van der Waals surface area contributed by atoms with Crippen LogP contribution in [0.15, 0.2) is 30.3 Å². The SMILES string of the molecule is COC(=O)[C@@](CCC#N)(NC(=O)c1ccccc1)C(C)C. The van der Waals surface area contributed by atoms with E-state index in [9.17, 15) is 9.59 Å². The molecule has 21 heavy (non-hydrogen) atoms. The van der Waals surface area contributed by atoms with Gasteiger partial charge in [-0.3, -0.25) is 4.79 Å². The van der Waals surface area contributed by atoms with Crippen molar-refractivity contribution in [1.82, 2.24) is 5.32 Å². The van der Waals surface area contributed by atoms with E-state index in [0.717, 1.165) is 0 Å². The van der Waals surface area contributed by atoms with Crippen LogP contribution in [0, 0.1) is 17.2 Å². The fourth-order valence-corrected chi connectivity index (χ4v) is 2.18. The molecule has 1 aromatic rings. The number of nitrogens with zero attached hydrogens (tertiary/aromatic N) is 1. The van der Waals surface area contributed by atoms with Crippen LogP contribution in [0.1, 0.15) is 37.0 Å². The minimum atomic E-state index is -1.20. The van der Waals surface area contributed by atoms with Crippen molar-refractivity contribution >= 4 is 11.9 Å². The minimum Gasteiger partial charge on any atom is -0.467 e. The first-order valence-corrected chi connectivity index (χ1v) is 6.81. The smallest absolute Gasteiger partial charge is 0.331 e. The predicted molar refractivity (Wildman–Crippen MR) is 78.3 cm³/mol. The summed E-state index contributed by atoms with van der Waals surface area (Å²) >= 11 is 0. The first-order valence-electron chi connectivity index (χ1n) is 6.81. The molecule has 0 spiro atoms. The normalized spacial score (nSPS) is 13.1. The molecule has 1 aromatic carbocycles. The van der Waals surface area contributed by atoms with Crippen LogP contribution >= 0.6 is 0 Å². The number of benzene rings is 1. The number of esters is 1. The highest BCUT2D eigenvalue weighted by Gasteiger charge is 2.43. The zero-order valence-corrected chi connectivity index (χ0v) is 12.6.